The topological polar surface area (TPSA) is 30.7 Å². The fourth-order valence-corrected chi connectivity index (χ4v) is 1.34. The van der Waals surface area contributed by atoms with Gasteiger partial charge in [0.05, 0.1) is 23.1 Å². The minimum atomic E-state index is 0.682. The van der Waals surface area contributed by atoms with Crippen molar-refractivity contribution in [2.24, 2.45) is 0 Å². The van der Waals surface area contributed by atoms with E-state index >= 15 is 0 Å². The van der Waals surface area contributed by atoms with Crippen LogP contribution >= 0.6 is 11.6 Å². The van der Waals surface area contributed by atoms with Crippen molar-refractivity contribution in [1.29, 1.82) is 0 Å². The largest absolute Gasteiger partial charge is 0.157 e. The lowest BCUT2D eigenvalue weighted by atomic mass is 10.3. The molecule has 0 saturated carbocycles. The molecule has 0 radical (unpaired) electrons. The van der Waals surface area contributed by atoms with E-state index in [4.69, 9.17) is 11.6 Å². The second-order valence-electron chi connectivity index (χ2n) is 2.47. The molecule has 70 valence electrons. The number of aromatic nitrogens is 3. The van der Waals surface area contributed by atoms with Crippen LogP contribution in [0.3, 0.4) is 0 Å². The van der Waals surface area contributed by atoms with Gasteiger partial charge in [0.2, 0.25) is 0 Å². The summed E-state index contributed by atoms with van der Waals surface area (Å²) in [6.45, 7) is 3.94. The molecule has 0 saturated heterocycles. The van der Waals surface area contributed by atoms with Crippen LogP contribution in [0.4, 0.5) is 0 Å². The first kappa shape index (κ1) is 9.99. The minimum absolute atomic E-state index is 0.682. The molecule has 0 aromatic carbocycles. The van der Waals surface area contributed by atoms with E-state index in [1.54, 1.807) is 17.2 Å². The second kappa shape index (κ2) is 4.82. The summed E-state index contributed by atoms with van der Waals surface area (Å²) in [4.78, 5) is 1.54. The molecule has 1 aromatic heterocycles. The third kappa shape index (κ3) is 2.42. The Bertz CT molecular complexity index is 312. The molecular weight excluding hydrogens is 186 g/mol. The van der Waals surface area contributed by atoms with Crippen molar-refractivity contribution < 1.29 is 0 Å². The Morgan fingerprint density at radius 2 is 2.08 bits per heavy atom. The van der Waals surface area contributed by atoms with E-state index in [1.807, 2.05) is 26.0 Å². The van der Waals surface area contributed by atoms with E-state index in [1.165, 1.54) is 0 Å². The Morgan fingerprint density at radius 3 is 2.54 bits per heavy atom. The average Bonchev–Trinajstić information content (AvgIpc) is 2.59. The van der Waals surface area contributed by atoms with Crippen LogP contribution in [-0.4, -0.2) is 15.0 Å². The molecule has 0 aliphatic heterocycles. The standard InChI is InChI=1S/C9H12ClN3/c1-3-5-8(10)9(4-2)13-11-6-7-12-13/h3,5-7H,4H2,1-2H3. The maximum atomic E-state index is 6.03. The highest BCUT2D eigenvalue weighted by molar-refractivity contribution is 6.33. The lowest BCUT2D eigenvalue weighted by molar-refractivity contribution is 0.745. The summed E-state index contributed by atoms with van der Waals surface area (Å²) in [6, 6.07) is 0. The zero-order valence-electron chi connectivity index (χ0n) is 7.74. The van der Waals surface area contributed by atoms with Crippen LogP contribution < -0.4 is 0 Å². The molecule has 0 atom stereocenters. The Labute approximate surface area is 82.7 Å². The van der Waals surface area contributed by atoms with Gasteiger partial charge in [-0.15, -0.1) is 0 Å². The molecule has 13 heavy (non-hydrogen) atoms. The maximum Gasteiger partial charge on any atom is 0.0813 e. The predicted molar refractivity (Wildman–Crippen MR) is 54.2 cm³/mol. The van der Waals surface area contributed by atoms with Crippen molar-refractivity contribution in [2.45, 2.75) is 20.3 Å². The number of rotatable bonds is 3. The van der Waals surface area contributed by atoms with Gasteiger partial charge in [0, 0.05) is 0 Å². The van der Waals surface area contributed by atoms with Crippen molar-refractivity contribution in [1.82, 2.24) is 15.0 Å². The summed E-state index contributed by atoms with van der Waals surface area (Å²) in [5, 5.41) is 8.72. The Kier molecular flexibility index (Phi) is 3.71. The molecule has 1 rings (SSSR count). The first-order valence-corrected chi connectivity index (χ1v) is 4.55. The molecule has 3 nitrogen and oxygen atoms in total. The Balaban J connectivity index is 3.03. The lowest BCUT2D eigenvalue weighted by Crippen LogP contribution is -2.01. The summed E-state index contributed by atoms with van der Waals surface area (Å²) in [6.07, 6.45) is 7.80. The molecule has 0 spiro atoms. The Morgan fingerprint density at radius 1 is 1.46 bits per heavy atom. The molecule has 0 N–H and O–H groups in total. The molecule has 0 fully saturated rings. The number of allylic oxidation sites excluding steroid dienone is 4. The second-order valence-corrected chi connectivity index (χ2v) is 2.87. The molecule has 0 bridgehead atoms. The first-order chi connectivity index (χ1) is 6.29. The highest BCUT2D eigenvalue weighted by Gasteiger charge is 2.03. The van der Waals surface area contributed by atoms with Crippen molar-refractivity contribution >= 4 is 17.3 Å². The van der Waals surface area contributed by atoms with Gasteiger partial charge >= 0.3 is 0 Å². The number of nitrogens with zero attached hydrogens (tertiary/aromatic N) is 3. The average molecular weight is 198 g/mol. The summed E-state index contributed by atoms with van der Waals surface area (Å²) in [5.41, 5.74) is 0.907. The molecule has 0 aliphatic carbocycles. The van der Waals surface area contributed by atoms with Crippen LogP contribution in [0.15, 0.2) is 29.6 Å². The maximum absolute atomic E-state index is 6.03. The van der Waals surface area contributed by atoms with E-state index in [2.05, 4.69) is 10.2 Å². The van der Waals surface area contributed by atoms with E-state index in [0.717, 1.165) is 12.1 Å². The van der Waals surface area contributed by atoms with E-state index in [0.29, 0.717) is 5.03 Å². The van der Waals surface area contributed by atoms with Gasteiger partial charge in [-0.1, -0.05) is 24.6 Å². The molecule has 4 heteroatoms. The van der Waals surface area contributed by atoms with Crippen LogP contribution in [0.25, 0.3) is 5.70 Å². The van der Waals surface area contributed by atoms with E-state index < -0.39 is 0 Å². The number of hydrogen-bond acceptors (Lipinski definition) is 2. The van der Waals surface area contributed by atoms with Gasteiger partial charge in [-0.3, -0.25) is 0 Å². The Hall–Kier alpha value is -1.09. The zero-order valence-corrected chi connectivity index (χ0v) is 8.49. The quantitative estimate of drug-likeness (QED) is 0.698. The zero-order chi connectivity index (χ0) is 9.68. The highest BCUT2D eigenvalue weighted by Crippen LogP contribution is 2.17. The van der Waals surface area contributed by atoms with Gasteiger partial charge in [0.15, 0.2) is 0 Å². The summed E-state index contributed by atoms with van der Waals surface area (Å²) in [5.74, 6) is 0. The van der Waals surface area contributed by atoms with Crippen LogP contribution in [0.5, 0.6) is 0 Å². The van der Waals surface area contributed by atoms with Gasteiger partial charge in [-0.2, -0.15) is 15.0 Å². The minimum Gasteiger partial charge on any atom is -0.157 e. The fraction of sp³-hybridized carbons (Fsp3) is 0.333. The molecule has 0 amide bonds. The lowest BCUT2D eigenvalue weighted by Gasteiger charge is -2.03. The molecule has 0 aliphatic rings. The normalized spacial score (nSPS) is 13.5. The number of hydrogen-bond donors (Lipinski definition) is 0. The summed E-state index contributed by atoms with van der Waals surface area (Å²) < 4.78 is 0. The smallest absolute Gasteiger partial charge is 0.0813 e. The van der Waals surface area contributed by atoms with Crippen LogP contribution in [0.1, 0.15) is 20.3 Å². The van der Waals surface area contributed by atoms with E-state index in [9.17, 15) is 0 Å². The van der Waals surface area contributed by atoms with Gasteiger partial charge in [0.25, 0.3) is 0 Å². The van der Waals surface area contributed by atoms with E-state index in [-0.39, 0.29) is 0 Å². The van der Waals surface area contributed by atoms with Crippen LogP contribution in [0.2, 0.25) is 0 Å². The van der Waals surface area contributed by atoms with Gasteiger partial charge in [0.1, 0.15) is 0 Å². The third-order valence-electron chi connectivity index (χ3n) is 1.58. The summed E-state index contributed by atoms with van der Waals surface area (Å²) >= 11 is 6.03. The molecule has 1 heterocycles. The van der Waals surface area contributed by atoms with Crippen molar-refractivity contribution in [3.8, 4) is 0 Å². The van der Waals surface area contributed by atoms with Crippen molar-refractivity contribution in [3.63, 3.8) is 0 Å². The van der Waals surface area contributed by atoms with Crippen LogP contribution in [0, 0.1) is 0 Å². The highest BCUT2D eigenvalue weighted by atomic mass is 35.5. The van der Waals surface area contributed by atoms with Gasteiger partial charge in [-0.25, -0.2) is 0 Å². The molecule has 1 aromatic rings. The first-order valence-electron chi connectivity index (χ1n) is 4.17. The fourth-order valence-electron chi connectivity index (χ4n) is 1.00. The van der Waals surface area contributed by atoms with Crippen LogP contribution in [-0.2, 0) is 0 Å². The SMILES string of the molecule is CC=CC(Cl)=C(CC)n1nccn1. The monoisotopic (exact) mass is 197 g/mol. The van der Waals surface area contributed by atoms with Gasteiger partial charge < -0.3 is 0 Å². The number of halogens is 1. The van der Waals surface area contributed by atoms with Crippen molar-refractivity contribution in [2.75, 3.05) is 0 Å². The predicted octanol–water partition coefficient (Wildman–Crippen LogP) is 2.67. The summed E-state index contributed by atoms with van der Waals surface area (Å²) in [7, 11) is 0. The molecule has 0 unspecified atom stereocenters. The molecular formula is C9H12ClN3. The van der Waals surface area contributed by atoms with Gasteiger partial charge in [-0.05, 0) is 19.4 Å². The third-order valence-corrected chi connectivity index (χ3v) is 1.93. The van der Waals surface area contributed by atoms with Crippen molar-refractivity contribution in [3.05, 3.63) is 29.6 Å².